The van der Waals surface area contributed by atoms with Crippen LogP contribution in [0.3, 0.4) is 0 Å². The lowest BCUT2D eigenvalue weighted by molar-refractivity contribution is -0.131. The molecule has 1 aromatic heterocycles. The molecule has 0 radical (unpaired) electrons. The van der Waals surface area contributed by atoms with Crippen LogP contribution in [0.2, 0.25) is 0 Å². The van der Waals surface area contributed by atoms with Gasteiger partial charge in [-0.1, -0.05) is 11.8 Å². The van der Waals surface area contributed by atoms with E-state index in [1.807, 2.05) is 0 Å². The number of hydrogen-bond donors (Lipinski definition) is 4. The van der Waals surface area contributed by atoms with Crippen LogP contribution in [0.25, 0.3) is 10.9 Å². The highest BCUT2D eigenvalue weighted by molar-refractivity contribution is 7.92. The Balaban J connectivity index is 0.00000129. The molecule has 1 aromatic carbocycles. The third-order valence-electron chi connectivity index (χ3n) is 5.42. The number of hydroxylamine groups is 1. The lowest BCUT2D eigenvalue weighted by atomic mass is 10.1. The van der Waals surface area contributed by atoms with Crippen molar-refractivity contribution < 1.29 is 28.3 Å². The predicted octanol–water partition coefficient (Wildman–Crippen LogP) is -0.358. The molecule has 1 amide bonds. The van der Waals surface area contributed by atoms with Gasteiger partial charge in [-0.05, 0) is 56.2 Å². The van der Waals surface area contributed by atoms with Gasteiger partial charge in [-0.25, -0.2) is 18.9 Å². The van der Waals surface area contributed by atoms with Gasteiger partial charge in [-0.15, -0.1) is 0 Å². The third-order valence-corrected chi connectivity index (χ3v) is 7.45. The smallest absolute Gasteiger partial charge is 0.290 e. The molecule has 34 heavy (non-hydrogen) atoms. The maximum atomic E-state index is 12.8. The molecule has 1 atom stereocenters. The third kappa shape index (κ3) is 6.20. The fourth-order valence-electron chi connectivity index (χ4n) is 2.83. The molecular formula is C22H24N4O7S. The average Bonchev–Trinajstić information content (AvgIpc) is 3.52. The van der Waals surface area contributed by atoms with E-state index in [-0.39, 0.29) is 25.0 Å². The number of sulfone groups is 1. The van der Waals surface area contributed by atoms with Crippen molar-refractivity contribution in [1.82, 2.24) is 15.0 Å². The average molecular weight is 489 g/mol. The van der Waals surface area contributed by atoms with Gasteiger partial charge < -0.3 is 10.8 Å². The van der Waals surface area contributed by atoms with E-state index >= 15 is 0 Å². The van der Waals surface area contributed by atoms with E-state index in [0.717, 1.165) is 19.1 Å². The van der Waals surface area contributed by atoms with Gasteiger partial charge in [0.1, 0.15) is 0 Å². The molecule has 180 valence electrons. The first-order chi connectivity index (χ1) is 15.9. The summed E-state index contributed by atoms with van der Waals surface area (Å²) in [5, 5.41) is 16.1. The number of aromatic nitrogens is 2. The molecule has 11 nitrogen and oxygen atoms in total. The van der Waals surface area contributed by atoms with Gasteiger partial charge in [0, 0.05) is 18.4 Å². The van der Waals surface area contributed by atoms with Crippen LogP contribution in [-0.4, -0.2) is 57.2 Å². The number of amides is 1. The number of benzene rings is 1. The molecule has 3 rings (SSSR count). The zero-order valence-electron chi connectivity index (χ0n) is 18.5. The maximum absolute atomic E-state index is 12.8. The van der Waals surface area contributed by atoms with Crippen LogP contribution < -0.4 is 16.8 Å². The summed E-state index contributed by atoms with van der Waals surface area (Å²) >= 11 is 0. The van der Waals surface area contributed by atoms with Crippen LogP contribution in [0.1, 0.15) is 31.7 Å². The molecule has 1 unspecified atom stereocenters. The molecule has 0 aliphatic heterocycles. The van der Waals surface area contributed by atoms with Gasteiger partial charge in [0.05, 0.1) is 22.8 Å². The molecule has 1 aliphatic carbocycles. The van der Waals surface area contributed by atoms with Crippen molar-refractivity contribution in [2.75, 3.05) is 6.26 Å². The van der Waals surface area contributed by atoms with Crippen molar-refractivity contribution in [3.63, 3.8) is 0 Å². The van der Waals surface area contributed by atoms with Crippen LogP contribution in [-0.2, 0) is 26.0 Å². The quantitative estimate of drug-likeness (QED) is 0.189. The largest absolute Gasteiger partial charge is 0.483 e. The summed E-state index contributed by atoms with van der Waals surface area (Å²) in [6, 6.07) is 4.91. The number of hydrogen-bond acceptors (Lipinski definition) is 8. The monoisotopic (exact) mass is 488 g/mol. The maximum Gasteiger partial charge on any atom is 0.290 e. The van der Waals surface area contributed by atoms with E-state index in [9.17, 15) is 18.0 Å². The van der Waals surface area contributed by atoms with Crippen molar-refractivity contribution >= 4 is 33.1 Å². The molecule has 1 heterocycles. The van der Waals surface area contributed by atoms with Crippen molar-refractivity contribution in [2.24, 2.45) is 5.73 Å². The standard InChI is InChI=1S/C21H22N4O5S.CH2O2/c1-20(19(27)24-28,31(2,29)30)11-12-25-14-23-17-13-15(6-7-16(17)18(25)26)5-3-4-8-21(22)9-10-21;2-1-3/h6-7,13-14,28H,9-12,22H2,1-2H3,(H,24,27);1H,(H,2,3). The number of carboxylic acid groups (broad SMARTS) is 1. The second-order valence-electron chi connectivity index (χ2n) is 7.93. The normalized spacial score (nSPS) is 15.2. The van der Waals surface area contributed by atoms with Gasteiger partial charge in [-0.2, -0.15) is 0 Å². The molecule has 5 N–H and O–H groups in total. The molecule has 0 bridgehead atoms. The minimum atomic E-state index is -3.87. The summed E-state index contributed by atoms with van der Waals surface area (Å²) in [5.74, 6) is 10.2. The SMILES string of the molecule is CC(CCn1cnc2cc(C#CC#CC3(N)CC3)ccc2c1=O)(C(=O)NO)S(C)(=O)=O.O=CO. The van der Waals surface area contributed by atoms with E-state index in [1.165, 1.54) is 23.3 Å². The van der Waals surface area contributed by atoms with E-state index in [2.05, 4.69) is 28.7 Å². The number of nitrogens with two attached hydrogens (primary N) is 1. The number of fused-ring (bicyclic) bond motifs is 1. The first-order valence-corrected chi connectivity index (χ1v) is 11.8. The Hall–Kier alpha value is -3.71. The first kappa shape index (κ1) is 26.5. The Morgan fingerprint density at radius 3 is 2.59 bits per heavy atom. The highest BCUT2D eigenvalue weighted by Gasteiger charge is 2.43. The van der Waals surface area contributed by atoms with Gasteiger partial charge in [0.25, 0.3) is 17.9 Å². The molecule has 1 saturated carbocycles. The Labute approximate surface area is 195 Å². The van der Waals surface area contributed by atoms with Gasteiger partial charge >= 0.3 is 0 Å². The number of nitrogens with one attached hydrogen (secondary N) is 1. The molecule has 12 heteroatoms. The highest BCUT2D eigenvalue weighted by atomic mass is 32.2. The Morgan fingerprint density at radius 2 is 2.03 bits per heavy atom. The number of nitrogens with zero attached hydrogens (tertiary/aromatic N) is 2. The molecular weight excluding hydrogens is 464 g/mol. The fraction of sp³-hybridized carbons (Fsp3) is 0.364. The molecule has 0 saturated heterocycles. The van der Waals surface area contributed by atoms with Crippen LogP contribution in [0.4, 0.5) is 0 Å². The second kappa shape index (κ2) is 10.5. The summed E-state index contributed by atoms with van der Waals surface area (Å²) in [6.07, 6.45) is 3.71. The van der Waals surface area contributed by atoms with Crippen molar-refractivity contribution in [3.8, 4) is 23.7 Å². The predicted molar refractivity (Wildman–Crippen MR) is 123 cm³/mol. The van der Waals surface area contributed by atoms with Gasteiger partial charge in [-0.3, -0.25) is 24.2 Å². The van der Waals surface area contributed by atoms with E-state index in [1.54, 1.807) is 18.2 Å². The second-order valence-corrected chi connectivity index (χ2v) is 10.4. The summed E-state index contributed by atoms with van der Waals surface area (Å²) in [5.41, 5.74) is 7.54. The first-order valence-electron chi connectivity index (χ1n) is 9.94. The van der Waals surface area contributed by atoms with Crippen molar-refractivity contribution in [2.45, 2.75) is 43.0 Å². The van der Waals surface area contributed by atoms with Crippen LogP contribution in [0.5, 0.6) is 0 Å². The summed E-state index contributed by atoms with van der Waals surface area (Å²) < 4.78 is 23.5. The van der Waals surface area contributed by atoms with Crippen LogP contribution >= 0.6 is 0 Å². The zero-order valence-corrected chi connectivity index (χ0v) is 19.3. The highest BCUT2D eigenvalue weighted by Crippen LogP contribution is 2.30. The zero-order chi connectivity index (χ0) is 25.6. The molecule has 1 fully saturated rings. The number of carbonyl (C=O) groups is 2. The van der Waals surface area contributed by atoms with Gasteiger partial charge in [0.15, 0.2) is 14.6 Å². The van der Waals surface area contributed by atoms with Crippen molar-refractivity contribution in [1.29, 1.82) is 0 Å². The lowest BCUT2D eigenvalue weighted by Crippen LogP contribution is -2.50. The Kier molecular flexibility index (Phi) is 8.18. The summed E-state index contributed by atoms with van der Waals surface area (Å²) in [7, 11) is -3.87. The minimum Gasteiger partial charge on any atom is -0.483 e. The fourth-order valence-corrected chi connectivity index (χ4v) is 3.68. The van der Waals surface area contributed by atoms with Crippen LogP contribution in [0, 0.1) is 23.7 Å². The number of carbonyl (C=O) groups excluding carboxylic acids is 1. The Bertz CT molecular complexity index is 1390. The van der Waals surface area contributed by atoms with Crippen molar-refractivity contribution in [3.05, 3.63) is 40.4 Å². The van der Waals surface area contributed by atoms with E-state index in [0.29, 0.717) is 16.5 Å². The Morgan fingerprint density at radius 1 is 1.38 bits per heavy atom. The van der Waals surface area contributed by atoms with Crippen LogP contribution in [0.15, 0.2) is 29.3 Å². The number of rotatable bonds is 5. The number of aryl methyl sites for hydroxylation is 1. The van der Waals surface area contributed by atoms with E-state index in [4.69, 9.17) is 20.8 Å². The summed E-state index contributed by atoms with van der Waals surface area (Å²) in [4.78, 5) is 37.3. The topological polar surface area (TPSA) is 182 Å². The summed E-state index contributed by atoms with van der Waals surface area (Å²) in [6.45, 7) is 0.855. The van der Waals surface area contributed by atoms with Gasteiger partial charge in [0.2, 0.25) is 0 Å². The molecule has 1 aliphatic rings. The lowest BCUT2D eigenvalue weighted by Gasteiger charge is -2.25. The molecule has 0 spiro atoms. The van der Waals surface area contributed by atoms with E-state index < -0.39 is 26.0 Å². The minimum absolute atomic E-state index is 0.0866. The molecule has 2 aromatic rings.